The zero-order valence-electron chi connectivity index (χ0n) is 12.2. The molecule has 17 nitrogen and oxygen atoms in total. The third-order valence-corrected chi connectivity index (χ3v) is 1.28. The topological polar surface area (TPSA) is 335 Å². The lowest BCUT2D eigenvalue weighted by Gasteiger charge is -1.91. The van der Waals surface area contributed by atoms with Crippen LogP contribution in [0.5, 0.6) is 0 Å². The molecule has 20 heteroatoms. The highest BCUT2D eigenvalue weighted by Crippen LogP contribution is 2.26. The first kappa shape index (κ1) is 29.3. The number of carbonyl (C=O) groups excluding carboxylic acids is 2. The molecule has 0 atom stereocenters. The maximum atomic E-state index is 10.6. The molecule has 0 aliphatic carbocycles. The van der Waals surface area contributed by atoms with Crippen LogP contribution in [-0.2, 0) is 13.7 Å². The van der Waals surface area contributed by atoms with Crippen LogP contribution in [0.15, 0.2) is 12.4 Å². The van der Waals surface area contributed by atoms with Gasteiger partial charge in [-0.2, -0.15) is 0 Å². The van der Waals surface area contributed by atoms with Gasteiger partial charge in [0.2, 0.25) is 0 Å². The molecule has 1 aromatic heterocycles. The molecule has 0 aliphatic rings. The molecule has 154 valence electrons. The first-order valence-electron chi connectivity index (χ1n) is 5.24. The lowest BCUT2D eigenvalue weighted by Crippen LogP contribution is -2.18. The molecule has 2 amide bonds. The molecule has 1 heterocycles. The molecule has 0 radical (unpaired) electrons. The molecule has 14 N–H and O–H groups in total. The summed E-state index contributed by atoms with van der Waals surface area (Å²) in [5, 5.41) is 0. The Hall–Kier alpha value is -1.45. The van der Waals surface area contributed by atoms with Crippen LogP contribution in [0, 0.1) is 0 Å². The smallest absolute Gasteiger partial charge is 0.366 e. The van der Waals surface area contributed by atoms with Crippen molar-refractivity contribution in [2.75, 3.05) is 0 Å². The quantitative estimate of drug-likeness (QED) is 0.195. The highest BCUT2D eigenvalue weighted by atomic mass is 31.2. The average molecular weight is 447 g/mol. The molecular weight excluding hydrogens is 431 g/mol. The van der Waals surface area contributed by atoms with E-state index in [9.17, 15) is 9.59 Å². The van der Waals surface area contributed by atoms with E-state index in [4.69, 9.17) is 69.2 Å². The second kappa shape index (κ2) is 12.0. The Bertz CT molecular complexity index is 610. The lowest BCUT2D eigenvalue weighted by atomic mass is 10.2. The van der Waals surface area contributed by atoms with Crippen LogP contribution >= 0.6 is 23.5 Å². The van der Waals surface area contributed by atoms with Gasteiger partial charge in [-0.25, -0.2) is 13.7 Å². The molecule has 0 unspecified atom stereocenters. The van der Waals surface area contributed by atoms with Crippen molar-refractivity contribution >= 4 is 35.3 Å². The molecule has 1 aromatic rings. The molecule has 0 aliphatic heterocycles. The number of phosphoric acid groups is 3. The summed E-state index contributed by atoms with van der Waals surface area (Å²) < 4.78 is 26.6. The summed E-state index contributed by atoms with van der Waals surface area (Å²) in [5.41, 5.74) is 10.1. The maximum absolute atomic E-state index is 10.6. The predicted octanol–water partition coefficient (Wildman–Crippen LogP) is -3.57. The Morgan fingerprint density at radius 1 is 0.654 bits per heavy atom. The minimum Gasteiger partial charge on any atom is -0.366 e. The monoisotopic (exact) mass is 447 g/mol. The van der Waals surface area contributed by atoms with Crippen molar-refractivity contribution in [3.8, 4) is 0 Å². The minimum atomic E-state index is -4.64. The van der Waals surface area contributed by atoms with Gasteiger partial charge in [0.15, 0.2) is 0 Å². The third kappa shape index (κ3) is 38.2. The summed E-state index contributed by atoms with van der Waals surface area (Å²) in [6.45, 7) is 0. The van der Waals surface area contributed by atoms with Crippen LogP contribution in [-0.4, -0.2) is 60.8 Å². The summed E-state index contributed by atoms with van der Waals surface area (Å²) in [4.78, 5) is 88.4. The second-order valence-electron chi connectivity index (χ2n) is 3.55. The van der Waals surface area contributed by atoms with E-state index in [0.29, 0.717) is 0 Å². The van der Waals surface area contributed by atoms with Crippen LogP contribution in [0.2, 0.25) is 0 Å². The Morgan fingerprint density at radius 2 is 0.808 bits per heavy atom. The van der Waals surface area contributed by atoms with Gasteiger partial charge in [0.1, 0.15) is 0 Å². The van der Waals surface area contributed by atoms with Crippen molar-refractivity contribution < 1.29 is 67.3 Å². The number of aromatic amines is 1. The van der Waals surface area contributed by atoms with Gasteiger partial charge in [0.25, 0.3) is 11.8 Å². The normalized spacial score (nSPS) is 10.8. The zero-order chi connectivity index (χ0) is 21.9. The molecule has 26 heavy (non-hydrogen) atoms. The Morgan fingerprint density at radius 3 is 0.923 bits per heavy atom. The SMILES string of the molecule is NC(=O)c1c[nH]cc1C(N)=O.O=P(O)(O)O.O=P(O)(O)O.O=P(O)(O)O. The van der Waals surface area contributed by atoms with Crippen LogP contribution in [0.4, 0.5) is 0 Å². The number of nitrogens with one attached hydrogen (secondary N) is 1. The van der Waals surface area contributed by atoms with Gasteiger partial charge in [0, 0.05) is 12.4 Å². The number of aromatic nitrogens is 1. The molecule has 0 saturated heterocycles. The molecule has 0 bridgehead atoms. The van der Waals surface area contributed by atoms with Crippen molar-refractivity contribution in [3.05, 3.63) is 23.5 Å². The van der Waals surface area contributed by atoms with Crippen molar-refractivity contribution in [3.63, 3.8) is 0 Å². The number of primary amides is 2. The number of hydrogen-bond acceptors (Lipinski definition) is 5. The maximum Gasteiger partial charge on any atom is 0.466 e. The van der Waals surface area contributed by atoms with E-state index in [-0.39, 0.29) is 11.1 Å². The van der Waals surface area contributed by atoms with Gasteiger partial charge in [-0.3, -0.25) is 9.59 Å². The van der Waals surface area contributed by atoms with E-state index in [1.54, 1.807) is 0 Å². The van der Waals surface area contributed by atoms with Gasteiger partial charge >= 0.3 is 23.5 Å². The predicted molar refractivity (Wildman–Crippen MR) is 80.6 cm³/mol. The third-order valence-electron chi connectivity index (χ3n) is 1.28. The van der Waals surface area contributed by atoms with Gasteiger partial charge < -0.3 is 60.5 Å². The molecule has 1 rings (SSSR count). The number of hydrogen-bond donors (Lipinski definition) is 12. The molecule has 0 fully saturated rings. The second-order valence-corrected chi connectivity index (χ2v) is 6.63. The van der Waals surface area contributed by atoms with Gasteiger partial charge in [-0.15, -0.1) is 0 Å². The number of rotatable bonds is 2. The molecular formula is C6H16N3O14P3. The Balaban J connectivity index is -0.000000300. The Labute approximate surface area is 143 Å². The van der Waals surface area contributed by atoms with Crippen LogP contribution in [0.1, 0.15) is 20.7 Å². The number of carbonyl (C=O) groups is 2. The largest absolute Gasteiger partial charge is 0.466 e. The highest BCUT2D eigenvalue weighted by Gasteiger charge is 2.12. The van der Waals surface area contributed by atoms with E-state index in [2.05, 4.69) is 4.98 Å². The van der Waals surface area contributed by atoms with Crippen molar-refractivity contribution in [2.45, 2.75) is 0 Å². The number of amides is 2. The summed E-state index contributed by atoms with van der Waals surface area (Å²) in [6, 6.07) is 0. The zero-order valence-corrected chi connectivity index (χ0v) is 14.9. The minimum absolute atomic E-state index is 0.123. The van der Waals surface area contributed by atoms with E-state index in [1.807, 2.05) is 0 Å². The van der Waals surface area contributed by atoms with Crippen LogP contribution < -0.4 is 11.5 Å². The first-order chi connectivity index (χ1) is 11.1. The average Bonchev–Trinajstić information content (AvgIpc) is 2.69. The van der Waals surface area contributed by atoms with Crippen molar-refractivity contribution in [1.82, 2.24) is 4.98 Å². The van der Waals surface area contributed by atoms with Gasteiger partial charge in [-0.05, 0) is 0 Å². The fourth-order valence-corrected chi connectivity index (χ4v) is 0.772. The molecule has 0 spiro atoms. The van der Waals surface area contributed by atoms with E-state index in [0.717, 1.165) is 0 Å². The first-order valence-corrected chi connectivity index (χ1v) is 9.93. The Kier molecular flexibility index (Phi) is 13.6. The fourth-order valence-electron chi connectivity index (χ4n) is 0.772. The van der Waals surface area contributed by atoms with E-state index in [1.165, 1.54) is 12.4 Å². The van der Waals surface area contributed by atoms with Crippen molar-refractivity contribution in [2.24, 2.45) is 11.5 Å². The lowest BCUT2D eigenvalue weighted by molar-refractivity contribution is 0.0968. The highest BCUT2D eigenvalue weighted by molar-refractivity contribution is 7.45. The summed E-state index contributed by atoms with van der Waals surface area (Å²) in [7, 11) is -13.9. The fraction of sp³-hybridized carbons (Fsp3) is 0. The standard InChI is InChI=1S/C6H7N3O2.3H3O4P/c7-5(10)3-1-9-2-4(3)6(8)11;3*1-5(2,3)4/h1-2,9H,(H2,7,10)(H2,8,11);3*(H3,1,2,3,4). The number of H-pyrrole nitrogens is 1. The number of nitrogens with two attached hydrogens (primary N) is 2. The molecule has 0 aromatic carbocycles. The summed E-state index contributed by atoms with van der Waals surface area (Å²) in [6.07, 6.45) is 2.67. The summed E-state index contributed by atoms with van der Waals surface area (Å²) >= 11 is 0. The van der Waals surface area contributed by atoms with Crippen LogP contribution in [0.3, 0.4) is 0 Å². The summed E-state index contributed by atoms with van der Waals surface area (Å²) in [5.74, 6) is -1.33. The van der Waals surface area contributed by atoms with E-state index >= 15 is 0 Å². The van der Waals surface area contributed by atoms with E-state index < -0.39 is 35.3 Å². The molecule has 0 saturated carbocycles. The van der Waals surface area contributed by atoms with Gasteiger partial charge in [0.05, 0.1) is 11.1 Å². The van der Waals surface area contributed by atoms with Gasteiger partial charge in [-0.1, -0.05) is 0 Å². The van der Waals surface area contributed by atoms with Crippen molar-refractivity contribution in [1.29, 1.82) is 0 Å². The van der Waals surface area contributed by atoms with Crippen LogP contribution in [0.25, 0.3) is 0 Å².